The molecule has 0 amide bonds. The van der Waals surface area contributed by atoms with E-state index >= 15 is 0 Å². The standard InChI is InChI=1S/C60H54N2Si/c1-58(2)33-35-60(5)36-34-59(3,4)52-39-42(38-51(58)57(52)60)62-55-31-29-41(61-53-27-17-15-25-47(53)48-26-16-18-28-54(48)61)37-49(55)50-40-46(30-32-56(50)62)63(43-19-9-6-10-20-43,44-21-11-7-12-22-44)45-23-13-8-14-24-45/h6-32,37-40H,33-36H2,1-5H3. The van der Waals surface area contributed by atoms with Gasteiger partial charge in [-0.2, -0.15) is 0 Å². The van der Waals surface area contributed by atoms with Gasteiger partial charge in [-0.15, -0.1) is 0 Å². The molecule has 0 saturated carbocycles. The molecule has 0 fully saturated rings. The Balaban J connectivity index is 1.21. The maximum atomic E-state index is 2.62. The van der Waals surface area contributed by atoms with Gasteiger partial charge < -0.3 is 9.13 Å². The Labute approximate surface area is 372 Å². The molecular formula is C60H54N2Si. The molecule has 0 saturated heterocycles. The van der Waals surface area contributed by atoms with Gasteiger partial charge in [-0.05, 0) is 128 Å². The van der Waals surface area contributed by atoms with Crippen LogP contribution in [-0.2, 0) is 16.2 Å². The van der Waals surface area contributed by atoms with Crippen LogP contribution in [0.15, 0.2) is 188 Å². The van der Waals surface area contributed by atoms with Gasteiger partial charge >= 0.3 is 0 Å². The van der Waals surface area contributed by atoms with Crippen molar-refractivity contribution >= 4 is 72.4 Å². The van der Waals surface area contributed by atoms with Crippen molar-refractivity contribution in [3.63, 3.8) is 0 Å². The summed E-state index contributed by atoms with van der Waals surface area (Å²) in [7, 11) is -2.81. The summed E-state index contributed by atoms with van der Waals surface area (Å²) in [5.74, 6) is 0. The second-order valence-electron chi connectivity index (χ2n) is 20.2. The minimum atomic E-state index is -2.81. The van der Waals surface area contributed by atoms with Crippen molar-refractivity contribution in [3.8, 4) is 11.4 Å². The highest BCUT2D eigenvalue weighted by molar-refractivity contribution is 7.20. The molecule has 12 rings (SSSR count). The molecule has 10 aromatic rings. The molecular weight excluding hydrogens is 777 g/mol. The second kappa shape index (κ2) is 13.8. The molecule has 3 heteroatoms. The van der Waals surface area contributed by atoms with Gasteiger partial charge in [0.1, 0.15) is 0 Å². The lowest BCUT2D eigenvalue weighted by atomic mass is 9.53. The van der Waals surface area contributed by atoms with Gasteiger partial charge in [0.05, 0.1) is 22.1 Å². The van der Waals surface area contributed by atoms with Crippen molar-refractivity contribution < 1.29 is 0 Å². The first-order valence-electron chi connectivity index (χ1n) is 23.0. The maximum absolute atomic E-state index is 2.81. The zero-order valence-electron chi connectivity index (χ0n) is 37.1. The van der Waals surface area contributed by atoms with E-state index in [1.807, 2.05) is 0 Å². The first-order valence-corrected chi connectivity index (χ1v) is 25.0. The van der Waals surface area contributed by atoms with E-state index in [4.69, 9.17) is 0 Å². The summed E-state index contributed by atoms with van der Waals surface area (Å²) >= 11 is 0. The number of benzene rings is 8. The predicted molar refractivity (Wildman–Crippen MR) is 271 cm³/mol. The Hall–Kier alpha value is -6.42. The van der Waals surface area contributed by atoms with Gasteiger partial charge in [-0.3, -0.25) is 0 Å². The van der Waals surface area contributed by atoms with E-state index in [1.54, 1.807) is 16.7 Å². The lowest BCUT2D eigenvalue weighted by molar-refractivity contribution is 0.242. The monoisotopic (exact) mass is 830 g/mol. The minimum Gasteiger partial charge on any atom is -0.309 e. The van der Waals surface area contributed by atoms with Crippen LogP contribution in [0.4, 0.5) is 0 Å². The SMILES string of the molecule is CC1(C)CCC2(C)CCC(C)(C)c3cc(-n4c5ccc(-n6c7ccccc7c7ccccc76)cc5c5cc([Si](c6ccccc6)(c6ccccc6)c6ccccc6)ccc54)cc1c32. The smallest absolute Gasteiger partial charge is 0.179 e. The van der Waals surface area contributed by atoms with Gasteiger partial charge in [0.2, 0.25) is 0 Å². The number of fused-ring (bicyclic) bond motifs is 6. The number of rotatable bonds is 6. The Morgan fingerprint density at radius 1 is 0.349 bits per heavy atom. The van der Waals surface area contributed by atoms with Gasteiger partial charge in [-0.25, -0.2) is 0 Å². The van der Waals surface area contributed by atoms with Crippen LogP contribution in [0.25, 0.3) is 55.0 Å². The molecule has 0 bridgehead atoms. The average Bonchev–Trinajstić information content (AvgIpc) is 3.83. The third kappa shape index (κ3) is 5.55. The molecule has 2 aliphatic rings. The fourth-order valence-electron chi connectivity index (χ4n) is 12.2. The summed E-state index contributed by atoms with van der Waals surface area (Å²) in [4.78, 5) is 0. The summed E-state index contributed by atoms with van der Waals surface area (Å²) in [5.41, 5.74) is 12.6. The van der Waals surface area contributed by atoms with E-state index in [-0.39, 0.29) is 16.2 Å². The van der Waals surface area contributed by atoms with Crippen molar-refractivity contribution in [2.75, 3.05) is 0 Å². The number of hydrogen-bond acceptors (Lipinski definition) is 0. The van der Waals surface area contributed by atoms with Crippen molar-refractivity contribution in [1.82, 2.24) is 9.13 Å². The normalized spacial score (nSPS) is 16.5. The van der Waals surface area contributed by atoms with Crippen LogP contribution in [0, 0.1) is 0 Å². The second-order valence-corrected chi connectivity index (χ2v) is 24.0. The van der Waals surface area contributed by atoms with Crippen molar-refractivity contribution in [3.05, 3.63) is 205 Å². The zero-order valence-corrected chi connectivity index (χ0v) is 38.1. The Kier molecular flexibility index (Phi) is 8.37. The fourth-order valence-corrected chi connectivity index (χ4v) is 17.0. The van der Waals surface area contributed by atoms with Crippen molar-refractivity contribution in [2.45, 2.75) is 76.5 Å². The molecule has 0 aliphatic heterocycles. The molecule has 308 valence electrons. The molecule has 2 aliphatic carbocycles. The quantitative estimate of drug-likeness (QED) is 0.117. The molecule has 63 heavy (non-hydrogen) atoms. The van der Waals surface area contributed by atoms with Crippen LogP contribution < -0.4 is 20.7 Å². The summed E-state index contributed by atoms with van der Waals surface area (Å²) in [5, 5.41) is 10.7. The van der Waals surface area contributed by atoms with Crippen LogP contribution in [0.5, 0.6) is 0 Å². The number of nitrogens with zero attached hydrogens (tertiary/aromatic N) is 2. The molecule has 0 unspecified atom stereocenters. The lowest BCUT2D eigenvalue weighted by Gasteiger charge is -2.51. The van der Waals surface area contributed by atoms with E-state index in [0.29, 0.717) is 0 Å². The number of hydrogen-bond donors (Lipinski definition) is 0. The van der Waals surface area contributed by atoms with Crippen LogP contribution in [0.2, 0.25) is 0 Å². The van der Waals surface area contributed by atoms with Gasteiger partial charge in [0.15, 0.2) is 8.07 Å². The predicted octanol–water partition coefficient (Wildman–Crippen LogP) is 12.7. The molecule has 0 spiro atoms. The summed E-state index contributed by atoms with van der Waals surface area (Å²) in [6.07, 6.45) is 4.94. The van der Waals surface area contributed by atoms with E-state index in [9.17, 15) is 0 Å². The Bertz CT molecular complexity index is 3210. The highest BCUT2D eigenvalue weighted by Crippen LogP contribution is 2.56. The van der Waals surface area contributed by atoms with E-state index < -0.39 is 8.07 Å². The summed E-state index contributed by atoms with van der Waals surface area (Å²) in [6, 6.07) is 71.8. The zero-order chi connectivity index (χ0) is 42.7. The van der Waals surface area contributed by atoms with Crippen LogP contribution >= 0.6 is 0 Å². The van der Waals surface area contributed by atoms with E-state index in [0.717, 1.165) is 0 Å². The Morgan fingerprint density at radius 3 is 1.27 bits per heavy atom. The molecule has 0 radical (unpaired) electrons. The first kappa shape index (κ1) is 38.3. The highest BCUT2D eigenvalue weighted by atomic mass is 28.3. The third-order valence-corrected chi connectivity index (χ3v) is 20.5. The topological polar surface area (TPSA) is 9.86 Å². The molecule has 2 aromatic heterocycles. The van der Waals surface area contributed by atoms with Gasteiger partial charge in [0, 0.05) is 32.9 Å². The number of aromatic nitrogens is 2. The van der Waals surface area contributed by atoms with Crippen LogP contribution in [0.1, 0.15) is 77.0 Å². The highest BCUT2D eigenvalue weighted by Gasteiger charge is 2.47. The largest absolute Gasteiger partial charge is 0.309 e. The Morgan fingerprint density at radius 2 is 0.762 bits per heavy atom. The molecule has 8 aromatic carbocycles. The van der Waals surface area contributed by atoms with E-state index in [1.165, 1.54) is 101 Å². The first-order chi connectivity index (χ1) is 30.6. The number of para-hydroxylation sites is 2. The van der Waals surface area contributed by atoms with Crippen molar-refractivity contribution in [2.24, 2.45) is 0 Å². The maximum Gasteiger partial charge on any atom is 0.179 e. The fraction of sp³-hybridized carbons (Fsp3) is 0.200. The molecule has 0 N–H and O–H groups in total. The molecule has 2 heterocycles. The van der Waals surface area contributed by atoms with Gasteiger partial charge in [0.25, 0.3) is 0 Å². The van der Waals surface area contributed by atoms with E-state index in [2.05, 4.69) is 232 Å². The van der Waals surface area contributed by atoms with Crippen molar-refractivity contribution in [1.29, 1.82) is 0 Å². The minimum absolute atomic E-state index is 0.0922. The average molecular weight is 831 g/mol. The third-order valence-electron chi connectivity index (χ3n) is 15.7. The summed E-state index contributed by atoms with van der Waals surface area (Å²) in [6.45, 7) is 12.5. The van der Waals surface area contributed by atoms with Gasteiger partial charge in [-0.1, -0.05) is 174 Å². The lowest BCUT2D eigenvalue weighted by Crippen LogP contribution is -2.74. The van der Waals surface area contributed by atoms with Crippen LogP contribution in [0.3, 0.4) is 0 Å². The molecule has 0 atom stereocenters. The summed E-state index contributed by atoms with van der Waals surface area (Å²) < 4.78 is 5.09. The molecule has 2 nitrogen and oxygen atoms in total. The van der Waals surface area contributed by atoms with Crippen LogP contribution in [-0.4, -0.2) is 17.2 Å².